The summed E-state index contributed by atoms with van der Waals surface area (Å²) in [5.74, 6) is 2.27. The lowest BCUT2D eigenvalue weighted by molar-refractivity contribution is -0.135. The molecule has 31 heavy (non-hydrogen) atoms. The Labute approximate surface area is 187 Å². The van der Waals surface area contributed by atoms with Gasteiger partial charge >= 0.3 is 0 Å². The third-order valence-corrected chi connectivity index (χ3v) is 11.0. The fourth-order valence-electron chi connectivity index (χ4n) is 9.48. The summed E-state index contributed by atoms with van der Waals surface area (Å²) >= 11 is 0. The molecule has 4 aliphatic carbocycles. The van der Waals surface area contributed by atoms with E-state index in [0.717, 1.165) is 36.0 Å². The maximum atomic E-state index is 14.0. The Morgan fingerprint density at radius 2 is 1.61 bits per heavy atom. The summed E-state index contributed by atoms with van der Waals surface area (Å²) in [6.07, 6.45) is 14.2. The number of rotatable bonds is 3. The lowest BCUT2D eigenvalue weighted by Gasteiger charge is -2.62. The highest BCUT2D eigenvalue weighted by atomic mass is 19.1. The Bertz CT molecular complexity index is 813. The third kappa shape index (κ3) is 3.27. The molecule has 8 atom stereocenters. The van der Waals surface area contributed by atoms with Crippen molar-refractivity contribution in [2.24, 2.45) is 46.3 Å². The molecule has 1 aromatic rings. The van der Waals surface area contributed by atoms with Gasteiger partial charge in [-0.1, -0.05) is 40.0 Å². The Kier molecular flexibility index (Phi) is 5.42. The van der Waals surface area contributed by atoms with Gasteiger partial charge in [0.05, 0.1) is 0 Å². The molecule has 0 aliphatic heterocycles. The normalized spacial score (nSPS) is 44.4. The first-order chi connectivity index (χ1) is 14.8. The Morgan fingerprint density at radius 3 is 2.32 bits per heavy atom. The van der Waals surface area contributed by atoms with Crippen molar-refractivity contribution in [1.29, 1.82) is 0 Å². The van der Waals surface area contributed by atoms with Crippen LogP contribution in [0.2, 0.25) is 0 Å². The van der Waals surface area contributed by atoms with Crippen LogP contribution in [0.15, 0.2) is 12.1 Å². The monoisotopic (exact) mass is 430 g/mol. The zero-order valence-corrected chi connectivity index (χ0v) is 19.6. The Balaban J connectivity index is 1.41. The molecule has 3 heteroatoms. The van der Waals surface area contributed by atoms with Gasteiger partial charge in [0.25, 0.3) is 0 Å². The number of hydrogen-bond donors (Lipinski definition) is 1. The molecule has 0 saturated heterocycles. The zero-order chi connectivity index (χ0) is 22.0. The summed E-state index contributed by atoms with van der Waals surface area (Å²) in [7, 11) is 0. The second-order valence-corrected chi connectivity index (χ2v) is 12.1. The molecule has 1 aromatic carbocycles. The SMILES string of the molecule is CC[C@H]1CC2C3CCC(Cc4cc(F)c(O)c(F)c4)C3(C)CC[C@@H]2C2(C)CCCCC12. The van der Waals surface area contributed by atoms with Gasteiger partial charge in [-0.05, 0) is 115 Å². The van der Waals surface area contributed by atoms with Crippen molar-refractivity contribution in [2.45, 2.75) is 91.4 Å². The van der Waals surface area contributed by atoms with Crippen LogP contribution in [0.3, 0.4) is 0 Å². The molecule has 4 fully saturated rings. The molecule has 0 bridgehead atoms. The topological polar surface area (TPSA) is 20.2 Å². The molecule has 0 spiro atoms. The molecule has 4 aliphatic rings. The van der Waals surface area contributed by atoms with E-state index in [9.17, 15) is 13.9 Å². The molecule has 5 rings (SSSR count). The second-order valence-electron chi connectivity index (χ2n) is 12.1. The van der Waals surface area contributed by atoms with Crippen LogP contribution in [0.1, 0.15) is 90.5 Å². The predicted molar refractivity (Wildman–Crippen MR) is 121 cm³/mol. The minimum atomic E-state index is -0.845. The number of benzene rings is 1. The molecule has 0 amide bonds. The van der Waals surface area contributed by atoms with Gasteiger partial charge in [-0.15, -0.1) is 0 Å². The number of hydrogen-bond acceptors (Lipinski definition) is 1. The summed E-state index contributed by atoms with van der Waals surface area (Å²) in [5, 5.41) is 9.48. The molecule has 1 N–H and O–H groups in total. The molecule has 1 nitrogen and oxygen atoms in total. The van der Waals surface area contributed by atoms with Crippen LogP contribution in [-0.2, 0) is 6.42 Å². The van der Waals surface area contributed by atoms with Gasteiger partial charge < -0.3 is 5.11 Å². The number of aromatic hydroxyl groups is 1. The molecular weight excluding hydrogens is 390 g/mol. The maximum Gasteiger partial charge on any atom is 0.187 e. The Morgan fingerprint density at radius 1 is 0.903 bits per heavy atom. The van der Waals surface area contributed by atoms with Crippen LogP contribution in [0, 0.1) is 58.0 Å². The minimum Gasteiger partial charge on any atom is -0.503 e. The van der Waals surface area contributed by atoms with Gasteiger partial charge in [-0.25, -0.2) is 8.78 Å². The minimum absolute atomic E-state index is 0.280. The summed E-state index contributed by atoms with van der Waals surface area (Å²) in [6.45, 7) is 7.55. The number of fused-ring (bicyclic) bond motifs is 5. The van der Waals surface area contributed by atoms with E-state index < -0.39 is 17.4 Å². The van der Waals surface area contributed by atoms with E-state index in [-0.39, 0.29) is 5.41 Å². The van der Waals surface area contributed by atoms with Crippen LogP contribution < -0.4 is 0 Å². The van der Waals surface area contributed by atoms with E-state index in [1.54, 1.807) is 0 Å². The lowest BCUT2D eigenvalue weighted by Crippen LogP contribution is -2.55. The fraction of sp³-hybridized carbons (Fsp3) is 0.786. The first-order valence-electron chi connectivity index (χ1n) is 12.9. The molecule has 172 valence electrons. The summed E-state index contributed by atoms with van der Waals surface area (Å²) < 4.78 is 27.9. The smallest absolute Gasteiger partial charge is 0.187 e. The largest absolute Gasteiger partial charge is 0.503 e. The van der Waals surface area contributed by atoms with Crippen LogP contribution >= 0.6 is 0 Å². The van der Waals surface area contributed by atoms with E-state index in [4.69, 9.17) is 0 Å². The zero-order valence-electron chi connectivity index (χ0n) is 19.6. The molecule has 6 unspecified atom stereocenters. The van der Waals surface area contributed by atoms with Crippen molar-refractivity contribution in [2.75, 3.05) is 0 Å². The molecular formula is C28H40F2O. The highest BCUT2D eigenvalue weighted by molar-refractivity contribution is 5.30. The first kappa shape index (κ1) is 21.7. The first-order valence-corrected chi connectivity index (χ1v) is 12.9. The number of phenolic OH excluding ortho intramolecular Hbond substituents is 1. The van der Waals surface area contributed by atoms with Gasteiger partial charge in [0.2, 0.25) is 0 Å². The van der Waals surface area contributed by atoms with E-state index >= 15 is 0 Å². The van der Waals surface area contributed by atoms with Crippen LogP contribution in [0.25, 0.3) is 0 Å². The molecule has 0 aromatic heterocycles. The van der Waals surface area contributed by atoms with Crippen LogP contribution in [-0.4, -0.2) is 5.11 Å². The van der Waals surface area contributed by atoms with Gasteiger partial charge in [0.1, 0.15) is 0 Å². The predicted octanol–water partition coefficient (Wildman–Crippen LogP) is 7.90. The van der Waals surface area contributed by atoms with Gasteiger partial charge in [-0.2, -0.15) is 0 Å². The standard InChI is InChI=1S/C28H40F2O/c1-4-18-16-20-22-9-8-19(13-17-14-24(29)26(31)25(30)15-17)27(22,2)12-10-23(20)28(3)11-6-5-7-21(18)28/h14-15,18-23,31H,4-13,16H2,1-3H3/t18-,19?,20?,21?,22?,23-,27?,28?/m0/s1. The van der Waals surface area contributed by atoms with Crippen molar-refractivity contribution in [3.8, 4) is 5.75 Å². The molecule has 4 saturated carbocycles. The van der Waals surface area contributed by atoms with E-state index in [0.29, 0.717) is 16.9 Å². The lowest BCUT2D eigenvalue weighted by atomic mass is 9.42. The number of halogens is 2. The van der Waals surface area contributed by atoms with Gasteiger partial charge in [-0.3, -0.25) is 0 Å². The van der Waals surface area contributed by atoms with E-state index in [1.165, 1.54) is 76.3 Å². The third-order valence-electron chi connectivity index (χ3n) is 11.0. The summed E-state index contributed by atoms with van der Waals surface area (Å²) in [6, 6.07) is 2.70. The van der Waals surface area contributed by atoms with Gasteiger partial charge in [0, 0.05) is 0 Å². The maximum absolute atomic E-state index is 14.0. The van der Waals surface area contributed by atoms with E-state index in [1.807, 2.05) is 0 Å². The highest BCUT2D eigenvalue weighted by Crippen LogP contribution is 2.69. The average molecular weight is 431 g/mol. The van der Waals surface area contributed by atoms with Crippen molar-refractivity contribution in [3.63, 3.8) is 0 Å². The van der Waals surface area contributed by atoms with Crippen LogP contribution in [0.4, 0.5) is 8.78 Å². The van der Waals surface area contributed by atoms with Crippen molar-refractivity contribution < 1.29 is 13.9 Å². The fourth-order valence-corrected chi connectivity index (χ4v) is 9.48. The second kappa shape index (κ2) is 7.73. The van der Waals surface area contributed by atoms with E-state index in [2.05, 4.69) is 20.8 Å². The molecule has 0 radical (unpaired) electrons. The highest BCUT2D eigenvalue weighted by Gasteiger charge is 2.61. The van der Waals surface area contributed by atoms with Crippen molar-refractivity contribution in [1.82, 2.24) is 0 Å². The van der Waals surface area contributed by atoms with Crippen LogP contribution in [0.5, 0.6) is 5.75 Å². The van der Waals surface area contributed by atoms with Crippen molar-refractivity contribution >= 4 is 0 Å². The summed E-state index contributed by atoms with van der Waals surface area (Å²) in [4.78, 5) is 0. The summed E-state index contributed by atoms with van der Waals surface area (Å²) in [5.41, 5.74) is 1.52. The number of phenols is 1. The average Bonchev–Trinajstić information content (AvgIpc) is 3.07. The molecule has 0 heterocycles. The van der Waals surface area contributed by atoms with Crippen molar-refractivity contribution in [3.05, 3.63) is 29.3 Å². The van der Waals surface area contributed by atoms with Gasteiger partial charge in [0.15, 0.2) is 17.4 Å². The Hall–Kier alpha value is -1.12. The quantitative estimate of drug-likeness (QED) is 0.517.